The first-order valence-corrected chi connectivity index (χ1v) is 10.4. The SMILES string of the molecule is CCCC(C)(N)C(=O)Nc1ccc(OC)c(S(=O)(=O)N2CCCCC2)c1. The van der Waals surface area contributed by atoms with E-state index in [1.54, 1.807) is 19.1 Å². The van der Waals surface area contributed by atoms with Gasteiger partial charge in [-0.05, 0) is 44.4 Å². The van der Waals surface area contributed by atoms with Gasteiger partial charge in [-0.2, -0.15) is 4.31 Å². The highest BCUT2D eigenvalue weighted by Gasteiger charge is 2.31. The zero-order chi connectivity index (χ0) is 19.4. The van der Waals surface area contributed by atoms with Crippen molar-refractivity contribution in [2.45, 2.75) is 56.4 Å². The predicted octanol–water partition coefficient (Wildman–Crippen LogP) is 2.33. The molecule has 1 fully saturated rings. The van der Waals surface area contributed by atoms with Crippen LogP contribution in [0, 0.1) is 0 Å². The number of piperidine rings is 1. The van der Waals surface area contributed by atoms with Gasteiger partial charge in [0.1, 0.15) is 10.6 Å². The Bertz CT molecular complexity index is 741. The Balaban J connectivity index is 2.32. The average Bonchev–Trinajstić information content (AvgIpc) is 2.62. The third-order valence-electron chi connectivity index (χ3n) is 4.64. The predicted molar refractivity (Wildman–Crippen MR) is 102 cm³/mol. The van der Waals surface area contributed by atoms with Gasteiger partial charge in [-0.1, -0.05) is 19.8 Å². The van der Waals surface area contributed by atoms with Crippen LogP contribution in [-0.2, 0) is 14.8 Å². The maximum absolute atomic E-state index is 13.0. The van der Waals surface area contributed by atoms with Crippen molar-refractivity contribution in [3.8, 4) is 5.75 Å². The van der Waals surface area contributed by atoms with E-state index in [4.69, 9.17) is 10.5 Å². The maximum atomic E-state index is 13.0. The summed E-state index contributed by atoms with van der Waals surface area (Å²) in [5.41, 5.74) is 5.43. The lowest BCUT2D eigenvalue weighted by Gasteiger charge is -2.27. The molecule has 1 saturated heterocycles. The Morgan fingerprint density at radius 3 is 2.54 bits per heavy atom. The van der Waals surface area contributed by atoms with E-state index < -0.39 is 15.6 Å². The lowest BCUT2D eigenvalue weighted by atomic mass is 9.96. The first-order valence-electron chi connectivity index (χ1n) is 9.01. The van der Waals surface area contributed by atoms with E-state index in [2.05, 4.69) is 5.32 Å². The number of anilines is 1. The fraction of sp³-hybridized carbons (Fsp3) is 0.611. The van der Waals surface area contributed by atoms with Crippen molar-refractivity contribution in [2.75, 3.05) is 25.5 Å². The third-order valence-corrected chi connectivity index (χ3v) is 6.56. The summed E-state index contributed by atoms with van der Waals surface area (Å²) < 4.78 is 32.7. The number of carbonyl (C=O) groups is 1. The minimum atomic E-state index is -3.68. The van der Waals surface area contributed by atoms with E-state index in [0.29, 0.717) is 25.2 Å². The molecule has 0 saturated carbocycles. The number of amides is 1. The molecular weight excluding hydrogens is 354 g/mol. The van der Waals surface area contributed by atoms with Crippen LogP contribution < -0.4 is 15.8 Å². The van der Waals surface area contributed by atoms with E-state index in [9.17, 15) is 13.2 Å². The molecule has 146 valence electrons. The van der Waals surface area contributed by atoms with Gasteiger partial charge in [0.25, 0.3) is 0 Å². The smallest absolute Gasteiger partial charge is 0.246 e. The number of sulfonamides is 1. The van der Waals surface area contributed by atoms with E-state index in [-0.39, 0.29) is 16.6 Å². The van der Waals surface area contributed by atoms with E-state index in [1.807, 2.05) is 6.92 Å². The Labute approximate surface area is 155 Å². The number of hydrogen-bond donors (Lipinski definition) is 2. The van der Waals surface area contributed by atoms with Crippen LogP contribution in [0.1, 0.15) is 46.0 Å². The van der Waals surface area contributed by atoms with Crippen LogP contribution in [0.3, 0.4) is 0 Å². The molecule has 1 unspecified atom stereocenters. The van der Waals surface area contributed by atoms with Crippen molar-refractivity contribution in [3.63, 3.8) is 0 Å². The highest BCUT2D eigenvalue weighted by atomic mass is 32.2. The van der Waals surface area contributed by atoms with Crippen molar-refractivity contribution in [3.05, 3.63) is 18.2 Å². The second-order valence-corrected chi connectivity index (χ2v) is 8.86. The molecule has 0 bridgehead atoms. The molecular formula is C18H29N3O4S. The van der Waals surface area contributed by atoms with Crippen molar-refractivity contribution in [2.24, 2.45) is 5.73 Å². The maximum Gasteiger partial charge on any atom is 0.246 e. The molecule has 0 spiro atoms. The second-order valence-electron chi connectivity index (χ2n) is 6.95. The highest BCUT2D eigenvalue weighted by Crippen LogP contribution is 2.31. The van der Waals surface area contributed by atoms with Gasteiger partial charge in [0, 0.05) is 18.8 Å². The normalized spacial score (nSPS) is 18.2. The summed E-state index contributed by atoms with van der Waals surface area (Å²) in [6, 6.07) is 4.62. The molecule has 0 aliphatic carbocycles. The van der Waals surface area contributed by atoms with Crippen LogP contribution >= 0.6 is 0 Å². The summed E-state index contributed by atoms with van der Waals surface area (Å²) >= 11 is 0. The molecule has 1 atom stereocenters. The van der Waals surface area contributed by atoms with Crippen LogP contribution in [0.2, 0.25) is 0 Å². The van der Waals surface area contributed by atoms with Crippen LogP contribution in [0.25, 0.3) is 0 Å². The second kappa shape index (κ2) is 8.37. The fourth-order valence-electron chi connectivity index (χ4n) is 3.11. The molecule has 8 heteroatoms. The molecule has 1 aliphatic heterocycles. The molecule has 1 amide bonds. The number of methoxy groups -OCH3 is 1. The van der Waals surface area contributed by atoms with Crippen LogP contribution in [-0.4, -0.2) is 44.4 Å². The monoisotopic (exact) mass is 383 g/mol. The Morgan fingerprint density at radius 2 is 1.96 bits per heavy atom. The molecule has 1 aromatic carbocycles. The summed E-state index contributed by atoms with van der Waals surface area (Å²) in [5, 5.41) is 2.73. The summed E-state index contributed by atoms with van der Waals surface area (Å²) in [6.45, 7) is 4.62. The zero-order valence-electron chi connectivity index (χ0n) is 15.7. The van der Waals surface area contributed by atoms with Gasteiger partial charge in [0.2, 0.25) is 15.9 Å². The van der Waals surface area contributed by atoms with Crippen molar-refractivity contribution in [1.29, 1.82) is 0 Å². The van der Waals surface area contributed by atoms with Gasteiger partial charge in [-0.15, -0.1) is 0 Å². The van der Waals surface area contributed by atoms with E-state index in [1.165, 1.54) is 17.5 Å². The minimum absolute atomic E-state index is 0.0638. The number of nitrogens with zero attached hydrogens (tertiary/aromatic N) is 1. The number of nitrogens with one attached hydrogen (secondary N) is 1. The van der Waals surface area contributed by atoms with Gasteiger partial charge in [-0.3, -0.25) is 4.79 Å². The fourth-order valence-corrected chi connectivity index (χ4v) is 4.81. The van der Waals surface area contributed by atoms with Gasteiger partial charge in [-0.25, -0.2) is 8.42 Å². The molecule has 26 heavy (non-hydrogen) atoms. The van der Waals surface area contributed by atoms with E-state index >= 15 is 0 Å². The number of hydrogen-bond acceptors (Lipinski definition) is 5. The number of rotatable bonds is 7. The van der Waals surface area contributed by atoms with Crippen molar-refractivity contribution >= 4 is 21.6 Å². The van der Waals surface area contributed by atoms with Gasteiger partial charge in [0.05, 0.1) is 12.6 Å². The zero-order valence-corrected chi connectivity index (χ0v) is 16.6. The van der Waals surface area contributed by atoms with E-state index in [0.717, 1.165) is 25.7 Å². The summed E-state index contributed by atoms with van der Waals surface area (Å²) in [5.74, 6) is -0.0801. The molecule has 3 N–H and O–H groups in total. The highest BCUT2D eigenvalue weighted by molar-refractivity contribution is 7.89. The Morgan fingerprint density at radius 1 is 1.31 bits per heavy atom. The van der Waals surface area contributed by atoms with Gasteiger partial charge in [0.15, 0.2) is 0 Å². The first-order chi connectivity index (χ1) is 12.2. The molecule has 1 aliphatic rings. The van der Waals surface area contributed by atoms with Crippen LogP contribution in [0.15, 0.2) is 23.1 Å². The average molecular weight is 384 g/mol. The van der Waals surface area contributed by atoms with Crippen LogP contribution in [0.4, 0.5) is 5.69 Å². The Kier molecular flexibility index (Phi) is 6.65. The van der Waals surface area contributed by atoms with Gasteiger partial charge >= 0.3 is 0 Å². The van der Waals surface area contributed by atoms with Crippen molar-refractivity contribution in [1.82, 2.24) is 4.31 Å². The summed E-state index contributed by atoms with van der Waals surface area (Å²) in [4.78, 5) is 12.5. The topological polar surface area (TPSA) is 102 Å². The Hall–Kier alpha value is -1.64. The molecule has 0 radical (unpaired) electrons. The van der Waals surface area contributed by atoms with Crippen molar-refractivity contribution < 1.29 is 17.9 Å². The molecule has 0 aromatic heterocycles. The quantitative estimate of drug-likeness (QED) is 0.752. The third kappa shape index (κ3) is 4.55. The number of nitrogens with two attached hydrogens (primary N) is 1. The molecule has 7 nitrogen and oxygen atoms in total. The molecule has 1 heterocycles. The number of ether oxygens (including phenoxy) is 1. The number of benzene rings is 1. The summed E-state index contributed by atoms with van der Waals surface area (Å²) in [6.07, 6.45) is 4.04. The van der Waals surface area contributed by atoms with Crippen LogP contribution in [0.5, 0.6) is 5.75 Å². The first kappa shape index (κ1) is 20.7. The standard InChI is InChI=1S/C18H29N3O4S/c1-4-10-18(2,19)17(22)20-14-8-9-15(25-3)16(13-14)26(23,24)21-11-6-5-7-12-21/h8-9,13H,4-7,10-12,19H2,1-3H3,(H,20,22). The lowest BCUT2D eigenvalue weighted by Crippen LogP contribution is -2.48. The van der Waals surface area contributed by atoms with Gasteiger partial charge < -0.3 is 15.8 Å². The number of carbonyl (C=O) groups excluding carboxylic acids is 1. The largest absolute Gasteiger partial charge is 0.495 e. The lowest BCUT2D eigenvalue weighted by molar-refractivity contribution is -0.120. The molecule has 2 rings (SSSR count). The summed E-state index contributed by atoms with van der Waals surface area (Å²) in [7, 11) is -2.25. The minimum Gasteiger partial charge on any atom is -0.495 e. The molecule has 1 aromatic rings.